The van der Waals surface area contributed by atoms with E-state index in [-0.39, 0.29) is 6.04 Å². The molecule has 3 heteroatoms. The normalized spacial score (nSPS) is 16.7. The average molecular weight is 346 g/mol. The Bertz CT molecular complexity index is 904. The quantitative estimate of drug-likeness (QED) is 0.755. The van der Waals surface area contributed by atoms with E-state index >= 15 is 0 Å². The lowest BCUT2D eigenvalue weighted by Gasteiger charge is -2.28. The molecule has 1 heterocycles. The van der Waals surface area contributed by atoms with Crippen LogP contribution in [0.3, 0.4) is 0 Å². The Hall–Kier alpha value is -2.36. The summed E-state index contributed by atoms with van der Waals surface area (Å²) in [5.74, 6) is 0.977. The fourth-order valence-electron chi connectivity index (χ4n) is 3.66. The molecule has 1 aliphatic heterocycles. The Balaban J connectivity index is 1.60. The van der Waals surface area contributed by atoms with Gasteiger partial charge in [-0.2, -0.15) is 0 Å². The van der Waals surface area contributed by atoms with Gasteiger partial charge >= 0.3 is 0 Å². The summed E-state index contributed by atoms with van der Waals surface area (Å²) < 4.78 is 5.92. The number of hydrogen-bond acceptors (Lipinski definition) is 3. The summed E-state index contributed by atoms with van der Waals surface area (Å²) in [6, 6.07) is 22.1. The van der Waals surface area contributed by atoms with Crippen LogP contribution in [-0.2, 0) is 6.42 Å². The molecule has 0 radical (unpaired) electrons. The lowest BCUT2D eigenvalue weighted by atomic mass is 9.89. The standard InChI is InChI=1S/C23H26N2O/c1-25(2)13-14-26-21-9-10-22-19(16-21)11-12-24-23(22)20-8-7-17-5-3-4-6-18(17)15-20/h3-10,15-16,23-24H,11-14H2,1-2H3. The molecule has 0 saturated carbocycles. The Morgan fingerprint density at radius 3 is 2.69 bits per heavy atom. The molecule has 3 aromatic carbocycles. The maximum Gasteiger partial charge on any atom is 0.119 e. The van der Waals surface area contributed by atoms with Crippen LogP contribution in [0.4, 0.5) is 0 Å². The van der Waals surface area contributed by atoms with E-state index in [2.05, 4.69) is 85.0 Å². The SMILES string of the molecule is CN(C)CCOc1ccc2c(c1)CCNC2c1ccc2ccccc2c1. The second kappa shape index (κ2) is 7.48. The molecule has 0 fully saturated rings. The first-order chi connectivity index (χ1) is 12.7. The number of rotatable bonds is 5. The first-order valence-corrected chi connectivity index (χ1v) is 9.33. The average Bonchev–Trinajstić information content (AvgIpc) is 2.66. The molecule has 134 valence electrons. The predicted molar refractivity (Wildman–Crippen MR) is 108 cm³/mol. The van der Waals surface area contributed by atoms with E-state index in [1.54, 1.807) is 0 Å². The summed E-state index contributed by atoms with van der Waals surface area (Å²) in [6.07, 6.45) is 1.05. The van der Waals surface area contributed by atoms with Crippen LogP contribution >= 0.6 is 0 Å². The third-order valence-corrected chi connectivity index (χ3v) is 5.08. The summed E-state index contributed by atoms with van der Waals surface area (Å²) in [7, 11) is 4.13. The minimum absolute atomic E-state index is 0.249. The number of likely N-dealkylation sites (N-methyl/N-ethyl adjacent to an activating group) is 1. The molecule has 0 amide bonds. The van der Waals surface area contributed by atoms with Crippen LogP contribution in [0.2, 0.25) is 0 Å². The molecule has 1 atom stereocenters. The molecule has 3 aromatic rings. The van der Waals surface area contributed by atoms with Crippen LogP contribution in [0, 0.1) is 0 Å². The van der Waals surface area contributed by atoms with Gasteiger partial charge in [-0.1, -0.05) is 42.5 Å². The molecule has 0 saturated heterocycles. The molecule has 1 N–H and O–H groups in total. The highest BCUT2D eigenvalue weighted by Gasteiger charge is 2.21. The van der Waals surface area contributed by atoms with Gasteiger partial charge in [-0.25, -0.2) is 0 Å². The molecule has 4 rings (SSSR count). The van der Waals surface area contributed by atoms with Gasteiger partial charge in [-0.15, -0.1) is 0 Å². The number of hydrogen-bond donors (Lipinski definition) is 1. The number of fused-ring (bicyclic) bond motifs is 2. The van der Waals surface area contributed by atoms with Gasteiger partial charge in [0.05, 0.1) is 6.04 Å². The topological polar surface area (TPSA) is 24.5 Å². The predicted octanol–water partition coefficient (Wildman–Crippen LogP) is 4.02. The Morgan fingerprint density at radius 2 is 1.85 bits per heavy atom. The third-order valence-electron chi connectivity index (χ3n) is 5.08. The zero-order valence-corrected chi connectivity index (χ0v) is 15.5. The maximum atomic E-state index is 5.92. The molecule has 1 unspecified atom stereocenters. The van der Waals surface area contributed by atoms with Gasteiger partial charge in [0.2, 0.25) is 0 Å². The fraction of sp³-hybridized carbons (Fsp3) is 0.304. The number of nitrogens with one attached hydrogen (secondary N) is 1. The summed E-state index contributed by atoms with van der Waals surface area (Å²) in [4.78, 5) is 2.14. The Labute approximate surface area is 155 Å². The van der Waals surface area contributed by atoms with Gasteiger partial charge in [0, 0.05) is 13.1 Å². The van der Waals surface area contributed by atoms with Crippen LogP contribution in [0.1, 0.15) is 22.7 Å². The lowest BCUT2D eigenvalue weighted by Crippen LogP contribution is -2.30. The molecule has 0 bridgehead atoms. The van der Waals surface area contributed by atoms with Crippen LogP contribution < -0.4 is 10.1 Å². The van der Waals surface area contributed by atoms with Crippen LogP contribution in [-0.4, -0.2) is 38.7 Å². The summed E-state index contributed by atoms with van der Waals surface area (Å²) in [6.45, 7) is 2.64. The minimum atomic E-state index is 0.249. The van der Waals surface area contributed by atoms with Crippen LogP contribution in [0.15, 0.2) is 60.7 Å². The summed E-state index contributed by atoms with van der Waals surface area (Å²) >= 11 is 0. The van der Waals surface area contributed by atoms with Crippen molar-refractivity contribution in [3.8, 4) is 5.75 Å². The largest absolute Gasteiger partial charge is 0.492 e. The van der Waals surface area contributed by atoms with E-state index in [0.717, 1.165) is 31.9 Å². The van der Waals surface area contributed by atoms with Gasteiger partial charge in [0.15, 0.2) is 0 Å². The second-order valence-corrected chi connectivity index (χ2v) is 7.26. The second-order valence-electron chi connectivity index (χ2n) is 7.26. The molecule has 1 aliphatic rings. The van der Waals surface area contributed by atoms with Crippen molar-refractivity contribution < 1.29 is 4.74 Å². The van der Waals surface area contributed by atoms with Crippen molar-refractivity contribution in [3.63, 3.8) is 0 Å². The van der Waals surface area contributed by atoms with Crippen LogP contribution in [0.25, 0.3) is 10.8 Å². The van der Waals surface area contributed by atoms with Crippen molar-refractivity contribution in [2.45, 2.75) is 12.5 Å². The van der Waals surface area contributed by atoms with E-state index in [9.17, 15) is 0 Å². The zero-order valence-electron chi connectivity index (χ0n) is 15.5. The molecule has 3 nitrogen and oxygen atoms in total. The van der Waals surface area contributed by atoms with E-state index in [1.807, 2.05) is 0 Å². The number of ether oxygens (including phenoxy) is 1. The van der Waals surface area contributed by atoms with E-state index in [1.165, 1.54) is 27.5 Å². The first-order valence-electron chi connectivity index (χ1n) is 9.33. The van der Waals surface area contributed by atoms with Crippen LogP contribution in [0.5, 0.6) is 5.75 Å². The van der Waals surface area contributed by atoms with Crippen molar-refractivity contribution in [2.75, 3.05) is 33.8 Å². The van der Waals surface area contributed by atoms with Crippen molar-refractivity contribution in [1.29, 1.82) is 0 Å². The number of nitrogens with zero attached hydrogens (tertiary/aromatic N) is 1. The summed E-state index contributed by atoms with van der Waals surface area (Å²) in [5, 5.41) is 6.27. The summed E-state index contributed by atoms with van der Waals surface area (Å²) in [5.41, 5.74) is 4.08. The zero-order chi connectivity index (χ0) is 17.9. The molecule has 0 aliphatic carbocycles. The van der Waals surface area contributed by atoms with Gasteiger partial charge < -0.3 is 15.0 Å². The highest BCUT2D eigenvalue weighted by atomic mass is 16.5. The monoisotopic (exact) mass is 346 g/mol. The molecule has 0 spiro atoms. The van der Waals surface area contributed by atoms with Gasteiger partial charge in [0.25, 0.3) is 0 Å². The lowest BCUT2D eigenvalue weighted by molar-refractivity contribution is 0.261. The van der Waals surface area contributed by atoms with Crippen molar-refractivity contribution in [2.24, 2.45) is 0 Å². The number of benzene rings is 3. The van der Waals surface area contributed by atoms with Crippen molar-refractivity contribution in [1.82, 2.24) is 10.2 Å². The Morgan fingerprint density at radius 1 is 1.00 bits per heavy atom. The van der Waals surface area contributed by atoms with E-state index in [0.29, 0.717) is 0 Å². The molecule has 0 aromatic heterocycles. The fourth-order valence-corrected chi connectivity index (χ4v) is 3.66. The molecule has 26 heavy (non-hydrogen) atoms. The minimum Gasteiger partial charge on any atom is -0.492 e. The van der Waals surface area contributed by atoms with E-state index in [4.69, 9.17) is 4.74 Å². The maximum absolute atomic E-state index is 5.92. The molecular weight excluding hydrogens is 320 g/mol. The van der Waals surface area contributed by atoms with Crippen molar-refractivity contribution in [3.05, 3.63) is 77.4 Å². The van der Waals surface area contributed by atoms with Gasteiger partial charge in [-0.05, 0) is 66.2 Å². The van der Waals surface area contributed by atoms with Crippen molar-refractivity contribution >= 4 is 10.8 Å². The van der Waals surface area contributed by atoms with Gasteiger partial charge in [-0.3, -0.25) is 0 Å². The highest BCUT2D eigenvalue weighted by molar-refractivity contribution is 5.83. The van der Waals surface area contributed by atoms with Gasteiger partial charge in [0.1, 0.15) is 12.4 Å². The smallest absolute Gasteiger partial charge is 0.119 e. The Kier molecular flexibility index (Phi) is 4.91. The molecular formula is C23H26N2O. The van der Waals surface area contributed by atoms with E-state index < -0.39 is 0 Å². The first kappa shape index (κ1) is 17.1. The highest BCUT2D eigenvalue weighted by Crippen LogP contribution is 2.32. The third kappa shape index (κ3) is 3.59.